The van der Waals surface area contributed by atoms with Crippen molar-refractivity contribution in [3.63, 3.8) is 0 Å². The SMILES string of the molecule is C[C@H]1CC2(CCN(c3ncc(Sc4ccnc(N5CC(CS(C)(=O)=O)C5)c4Cl)nc3CO)CC2)CO1. The molecule has 1 atom stereocenters. The molecule has 0 amide bonds. The molecule has 2 aromatic heterocycles. The zero-order valence-corrected chi connectivity index (χ0v) is 22.9. The van der Waals surface area contributed by atoms with Gasteiger partial charge in [0.25, 0.3) is 0 Å². The molecule has 3 aliphatic rings. The van der Waals surface area contributed by atoms with E-state index in [0.717, 1.165) is 49.7 Å². The molecule has 0 unspecified atom stereocenters. The number of rotatable bonds is 7. The number of halogens is 1. The first-order valence-corrected chi connectivity index (χ1v) is 15.5. The Kier molecular flexibility index (Phi) is 7.39. The largest absolute Gasteiger partial charge is 0.390 e. The molecule has 0 radical (unpaired) electrons. The molecule has 3 saturated heterocycles. The monoisotopic (exact) mass is 553 g/mol. The van der Waals surface area contributed by atoms with Gasteiger partial charge >= 0.3 is 0 Å². The normalized spacial score (nSPS) is 22.3. The van der Waals surface area contributed by atoms with Crippen molar-refractivity contribution in [3.05, 3.63) is 29.2 Å². The molecule has 12 heteroatoms. The van der Waals surface area contributed by atoms with E-state index in [1.54, 1.807) is 12.4 Å². The van der Waals surface area contributed by atoms with Gasteiger partial charge in [0.15, 0.2) is 5.82 Å². The summed E-state index contributed by atoms with van der Waals surface area (Å²) in [6.07, 6.45) is 8.23. The highest BCUT2D eigenvalue weighted by Crippen LogP contribution is 2.43. The summed E-state index contributed by atoms with van der Waals surface area (Å²) in [6, 6.07) is 1.83. The van der Waals surface area contributed by atoms with Crippen LogP contribution in [0.25, 0.3) is 0 Å². The Labute approximate surface area is 221 Å². The van der Waals surface area contributed by atoms with E-state index in [2.05, 4.69) is 26.8 Å². The number of hydrogen-bond donors (Lipinski definition) is 1. The average molecular weight is 554 g/mol. The topological polar surface area (TPSA) is 109 Å². The van der Waals surface area contributed by atoms with Crippen molar-refractivity contribution < 1.29 is 18.3 Å². The van der Waals surface area contributed by atoms with E-state index in [9.17, 15) is 13.5 Å². The second-order valence-electron chi connectivity index (χ2n) is 10.4. The van der Waals surface area contributed by atoms with Crippen LogP contribution >= 0.6 is 23.4 Å². The van der Waals surface area contributed by atoms with Crippen LogP contribution in [0.5, 0.6) is 0 Å². The maximum absolute atomic E-state index is 11.5. The Morgan fingerprint density at radius 2 is 1.97 bits per heavy atom. The third-order valence-electron chi connectivity index (χ3n) is 7.31. The zero-order valence-electron chi connectivity index (χ0n) is 20.6. The van der Waals surface area contributed by atoms with Gasteiger partial charge in [-0.1, -0.05) is 23.4 Å². The number of aromatic nitrogens is 3. The minimum absolute atomic E-state index is 0.0916. The highest BCUT2D eigenvalue weighted by Gasteiger charge is 2.41. The van der Waals surface area contributed by atoms with E-state index in [1.165, 1.54) is 18.0 Å². The van der Waals surface area contributed by atoms with Crippen LogP contribution in [0.1, 0.15) is 31.9 Å². The maximum Gasteiger partial charge on any atom is 0.152 e. The number of pyridine rings is 1. The van der Waals surface area contributed by atoms with Gasteiger partial charge < -0.3 is 19.6 Å². The predicted octanol–water partition coefficient (Wildman–Crippen LogP) is 3.04. The first-order chi connectivity index (χ1) is 17.1. The lowest BCUT2D eigenvalue weighted by molar-refractivity contribution is 0.0975. The number of piperidine rings is 1. The Morgan fingerprint density at radius 3 is 2.61 bits per heavy atom. The summed E-state index contributed by atoms with van der Waals surface area (Å²) in [5.41, 5.74) is 0.832. The summed E-state index contributed by atoms with van der Waals surface area (Å²) in [4.78, 5) is 18.8. The van der Waals surface area contributed by atoms with Gasteiger partial charge in [-0.05, 0) is 37.7 Å². The highest BCUT2D eigenvalue weighted by molar-refractivity contribution is 7.99. The fourth-order valence-corrected chi connectivity index (χ4v) is 7.72. The van der Waals surface area contributed by atoms with Crippen LogP contribution in [0.2, 0.25) is 5.02 Å². The van der Waals surface area contributed by atoms with Crippen LogP contribution in [-0.2, 0) is 21.2 Å². The molecule has 2 aromatic rings. The Morgan fingerprint density at radius 1 is 1.22 bits per heavy atom. The summed E-state index contributed by atoms with van der Waals surface area (Å²) in [6.45, 7) is 5.76. The molecule has 1 N–H and O–H groups in total. The number of hydrogen-bond acceptors (Lipinski definition) is 10. The zero-order chi connectivity index (χ0) is 25.5. The quantitative estimate of drug-likeness (QED) is 0.549. The minimum atomic E-state index is -3.00. The maximum atomic E-state index is 11.5. The second-order valence-corrected chi connectivity index (χ2v) is 14.0. The van der Waals surface area contributed by atoms with Gasteiger partial charge in [0.2, 0.25) is 0 Å². The number of aliphatic hydroxyl groups excluding tert-OH is 1. The lowest BCUT2D eigenvalue weighted by Crippen LogP contribution is -2.50. The summed E-state index contributed by atoms with van der Waals surface area (Å²) in [7, 11) is -3.00. The molecule has 5 rings (SSSR count). The predicted molar refractivity (Wildman–Crippen MR) is 141 cm³/mol. The van der Waals surface area contributed by atoms with Crippen LogP contribution in [0.4, 0.5) is 11.6 Å². The van der Waals surface area contributed by atoms with Crippen molar-refractivity contribution in [1.82, 2.24) is 15.0 Å². The van der Waals surface area contributed by atoms with Gasteiger partial charge in [-0.3, -0.25) is 0 Å². The first kappa shape index (κ1) is 26.0. The molecular weight excluding hydrogens is 522 g/mol. The molecule has 0 bridgehead atoms. The van der Waals surface area contributed by atoms with Crippen molar-refractivity contribution in [2.75, 3.05) is 54.6 Å². The highest BCUT2D eigenvalue weighted by atomic mass is 35.5. The van der Waals surface area contributed by atoms with Crippen LogP contribution in [0, 0.1) is 11.3 Å². The molecule has 0 aliphatic carbocycles. The molecule has 0 saturated carbocycles. The van der Waals surface area contributed by atoms with Crippen molar-refractivity contribution in [2.24, 2.45) is 11.3 Å². The van der Waals surface area contributed by atoms with E-state index in [-0.39, 0.29) is 23.7 Å². The summed E-state index contributed by atoms with van der Waals surface area (Å²) in [5.74, 6) is 1.65. The number of sulfone groups is 1. The molecule has 0 aromatic carbocycles. The van der Waals surface area contributed by atoms with E-state index in [0.29, 0.717) is 40.8 Å². The number of aliphatic hydroxyl groups is 1. The van der Waals surface area contributed by atoms with Gasteiger partial charge in [-0.25, -0.2) is 23.4 Å². The Bertz CT molecular complexity index is 1220. The van der Waals surface area contributed by atoms with E-state index in [1.807, 2.05) is 11.0 Å². The van der Waals surface area contributed by atoms with Gasteiger partial charge in [-0.2, -0.15) is 0 Å². The lowest BCUT2D eigenvalue weighted by Gasteiger charge is -2.40. The molecule has 3 fully saturated rings. The second kappa shape index (κ2) is 10.2. The van der Waals surface area contributed by atoms with Crippen molar-refractivity contribution in [3.8, 4) is 0 Å². The number of anilines is 2. The van der Waals surface area contributed by atoms with Crippen LogP contribution in [0.3, 0.4) is 0 Å². The van der Waals surface area contributed by atoms with Gasteiger partial charge in [-0.15, -0.1) is 0 Å². The summed E-state index contributed by atoms with van der Waals surface area (Å²) >= 11 is 8.06. The van der Waals surface area contributed by atoms with Crippen LogP contribution in [0.15, 0.2) is 28.4 Å². The third-order valence-corrected chi connectivity index (χ3v) is 9.84. The first-order valence-electron chi connectivity index (χ1n) is 12.2. The Hall–Kier alpha value is -1.66. The smallest absolute Gasteiger partial charge is 0.152 e. The Balaban J connectivity index is 1.26. The number of nitrogens with zero attached hydrogens (tertiary/aromatic N) is 5. The van der Waals surface area contributed by atoms with Gasteiger partial charge in [0.1, 0.15) is 26.4 Å². The summed E-state index contributed by atoms with van der Waals surface area (Å²) in [5, 5.41) is 11.2. The van der Waals surface area contributed by atoms with E-state index >= 15 is 0 Å². The third kappa shape index (κ3) is 5.60. The van der Waals surface area contributed by atoms with Crippen molar-refractivity contribution in [2.45, 2.75) is 48.8 Å². The average Bonchev–Trinajstić information content (AvgIpc) is 3.17. The van der Waals surface area contributed by atoms with E-state index in [4.69, 9.17) is 16.3 Å². The number of ether oxygens (including phenoxy) is 1. The van der Waals surface area contributed by atoms with Crippen molar-refractivity contribution in [1.29, 1.82) is 0 Å². The molecule has 1 spiro atoms. The molecule has 5 heterocycles. The van der Waals surface area contributed by atoms with Crippen molar-refractivity contribution >= 4 is 44.8 Å². The van der Waals surface area contributed by atoms with E-state index < -0.39 is 9.84 Å². The van der Waals surface area contributed by atoms with Gasteiger partial charge in [0, 0.05) is 49.4 Å². The molecule has 196 valence electrons. The van der Waals surface area contributed by atoms with Crippen LogP contribution < -0.4 is 9.80 Å². The lowest BCUT2D eigenvalue weighted by atomic mass is 9.77. The molecule has 36 heavy (non-hydrogen) atoms. The summed E-state index contributed by atoms with van der Waals surface area (Å²) < 4.78 is 28.9. The fraction of sp³-hybridized carbons (Fsp3) is 0.625. The van der Waals surface area contributed by atoms with Crippen LogP contribution in [-0.4, -0.2) is 79.4 Å². The molecule has 9 nitrogen and oxygen atoms in total. The van der Waals surface area contributed by atoms with Gasteiger partial charge in [0.05, 0.1) is 36.3 Å². The molecular formula is C24H32ClN5O4S2. The fourth-order valence-electron chi connectivity index (χ4n) is 5.51. The molecule has 3 aliphatic heterocycles. The minimum Gasteiger partial charge on any atom is -0.390 e. The standard InChI is InChI=1S/C24H32ClN5O4S2/c1-16-9-24(15-34-16)4-7-29(8-5-24)22-18(13-31)28-20(10-27-22)35-19-3-6-26-23(21(19)25)30-11-17(12-30)14-36(2,32)33/h3,6,10,16-17,31H,4-5,7-9,11-15H2,1-2H3/t16-/m0/s1.